The molecule has 0 spiro atoms. The predicted molar refractivity (Wildman–Crippen MR) is 96.6 cm³/mol. The fourth-order valence-corrected chi connectivity index (χ4v) is 2.27. The maximum Gasteiger partial charge on any atom is 0.209 e. The Kier molecular flexibility index (Phi) is 4.80. The summed E-state index contributed by atoms with van der Waals surface area (Å²) in [6.45, 7) is 0. The SMILES string of the molecule is N=C/C=C(\Nc1ccccc1)c1nn(-c2ccc(F)cc2)ccc1=O. The van der Waals surface area contributed by atoms with Gasteiger partial charge in [0.1, 0.15) is 5.82 Å². The molecule has 6 heteroatoms. The second-order valence-corrected chi connectivity index (χ2v) is 5.19. The van der Waals surface area contributed by atoms with E-state index in [9.17, 15) is 9.18 Å². The summed E-state index contributed by atoms with van der Waals surface area (Å²) in [6, 6.07) is 16.5. The Bertz CT molecular complexity index is 963. The van der Waals surface area contributed by atoms with E-state index in [1.807, 2.05) is 30.3 Å². The Morgan fingerprint density at radius 2 is 1.80 bits per heavy atom. The lowest BCUT2D eigenvalue weighted by Crippen LogP contribution is -2.18. The van der Waals surface area contributed by atoms with Crippen LogP contribution in [0.15, 0.2) is 77.7 Å². The maximum atomic E-state index is 13.1. The van der Waals surface area contributed by atoms with Gasteiger partial charge < -0.3 is 10.7 Å². The molecule has 5 nitrogen and oxygen atoms in total. The maximum absolute atomic E-state index is 13.1. The average molecular weight is 334 g/mol. The molecule has 1 aromatic heterocycles. The monoisotopic (exact) mass is 334 g/mol. The standard InChI is InChI=1S/C19H15FN4O/c20-14-6-8-16(9-7-14)24-13-11-18(25)19(23-24)17(10-12-21)22-15-4-2-1-3-5-15/h1-13,21-22H/b17-10-,21-12?. The number of aromatic nitrogens is 2. The minimum Gasteiger partial charge on any atom is -0.354 e. The minimum absolute atomic E-state index is 0.166. The van der Waals surface area contributed by atoms with Crippen molar-refractivity contribution >= 4 is 17.6 Å². The van der Waals surface area contributed by atoms with Crippen molar-refractivity contribution < 1.29 is 4.39 Å². The molecule has 0 aliphatic carbocycles. The quantitative estimate of drug-likeness (QED) is 0.702. The number of benzene rings is 2. The molecule has 1 heterocycles. The molecule has 3 rings (SSSR count). The third kappa shape index (κ3) is 3.87. The molecule has 0 amide bonds. The Balaban J connectivity index is 2.03. The molecule has 2 aromatic carbocycles. The van der Waals surface area contributed by atoms with Gasteiger partial charge >= 0.3 is 0 Å². The minimum atomic E-state index is -0.347. The van der Waals surface area contributed by atoms with Crippen molar-refractivity contribution in [2.75, 3.05) is 5.32 Å². The highest BCUT2D eigenvalue weighted by Crippen LogP contribution is 2.15. The van der Waals surface area contributed by atoms with Crippen LogP contribution in [0.4, 0.5) is 10.1 Å². The lowest BCUT2D eigenvalue weighted by atomic mass is 10.2. The van der Waals surface area contributed by atoms with Gasteiger partial charge in [-0.25, -0.2) is 9.07 Å². The second kappa shape index (κ2) is 7.35. The van der Waals surface area contributed by atoms with Gasteiger partial charge in [-0.1, -0.05) is 18.2 Å². The molecule has 25 heavy (non-hydrogen) atoms. The van der Waals surface area contributed by atoms with Crippen LogP contribution in [0.3, 0.4) is 0 Å². The zero-order valence-corrected chi connectivity index (χ0v) is 13.2. The lowest BCUT2D eigenvalue weighted by molar-refractivity contribution is 0.627. The molecule has 0 fully saturated rings. The summed E-state index contributed by atoms with van der Waals surface area (Å²) in [5, 5.41) is 14.8. The third-order valence-electron chi connectivity index (χ3n) is 3.46. The number of para-hydroxylation sites is 1. The molecule has 0 radical (unpaired) electrons. The van der Waals surface area contributed by atoms with Crippen molar-refractivity contribution in [3.8, 4) is 5.69 Å². The first-order chi connectivity index (χ1) is 12.2. The van der Waals surface area contributed by atoms with Gasteiger partial charge in [-0.3, -0.25) is 4.79 Å². The van der Waals surface area contributed by atoms with Gasteiger partial charge in [0, 0.05) is 24.2 Å². The van der Waals surface area contributed by atoms with E-state index in [0.717, 1.165) is 11.9 Å². The number of hydrogen-bond acceptors (Lipinski definition) is 4. The van der Waals surface area contributed by atoms with Crippen LogP contribution < -0.4 is 10.7 Å². The van der Waals surface area contributed by atoms with Crippen molar-refractivity contribution in [1.82, 2.24) is 9.78 Å². The van der Waals surface area contributed by atoms with Gasteiger partial charge in [0.25, 0.3) is 0 Å². The summed E-state index contributed by atoms with van der Waals surface area (Å²) in [5.41, 5.74) is 1.68. The highest BCUT2D eigenvalue weighted by atomic mass is 19.1. The molecule has 0 unspecified atom stereocenters. The largest absolute Gasteiger partial charge is 0.354 e. The zero-order valence-electron chi connectivity index (χ0n) is 13.2. The Hall–Kier alpha value is -3.54. The molecule has 0 bridgehead atoms. The number of nitrogens with zero attached hydrogens (tertiary/aromatic N) is 2. The number of anilines is 1. The number of hydrogen-bond donors (Lipinski definition) is 2. The van der Waals surface area contributed by atoms with E-state index in [4.69, 9.17) is 5.41 Å². The van der Waals surface area contributed by atoms with E-state index >= 15 is 0 Å². The van der Waals surface area contributed by atoms with E-state index in [2.05, 4.69) is 10.4 Å². The summed E-state index contributed by atoms with van der Waals surface area (Å²) in [7, 11) is 0. The number of allylic oxidation sites excluding steroid dienone is 1. The predicted octanol–water partition coefficient (Wildman–Crippen LogP) is 3.47. The van der Waals surface area contributed by atoms with Crippen molar-refractivity contribution in [2.24, 2.45) is 0 Å². The Morgan fingerprint density at radius 1 is 1.08 bits per heavy atom. The molecule has 0 saturated carbocycles. The normalized spacial score (nSPS) is 11.2. The first-order valence-electron chi connectivity index (χ1n) is 7.56. The summed E-state index contributed by atoms with van der Waals surface area (Å²) in [5.74, 6) is -0.347. The van der Waals surface area contributed by atoms with Crippen LogP contribution in [0.5, 0.6) is 0 Å². The van der Waals surface area contributed by atoms with Gasteiger partial charge in [0.2, 0.25) is 5.43 Å². The van der Waals surface area contributed by atoms with Gasteiger partial charge in [-0.2, -0.15) is 5.10 Å². The Morgan fingerprint density at radius 3 is 2.48 bits per heavy atom. The molecule has 0 atom stereocenters. The first-order valence-corrected chi connectivity index (χ1v) is 7.56. The summed E-state index contributed by atoms with van der Waals surface area (Å²) < 4.78 is 14.6. The van der Waals surface area contributed by atoms with E-state index in [0.29, 0.717) is 11.4 Å². The molecule has 0 aliphatic heterocycles. The highest BCUT2D eigenvalue weighted by molar-refractivity contribution is 5.86. The third-order valence-corrected chi connectivity index (χ3v) is 3.46. The second-order valence-electron chi connectivity index (χ2n) is 5.19. The smallest absolute Gasteiger partial charge is 0.209 e. The van der Waals surface area contributed by atoms with Crippen molar-refractivity contribution in [2.45, 2.75) is 0 Å². The van der Waals surface area contributed by atoms with Crippen LogP contribution in [0.1, 0.15) is 5.69 Å². The van der Waals surface area contributed by atoms with E-state index in [-0.39, 0.29) is 16.9 Å². The highest BCUT2D eigenvalue weighted by Gasteiger charge is 2.10. The van der Waals surface area contributed by atoms with Crippen LogP contribution in [0.25, 0.3) is 11.4 Å². The van der Waals surface area contributed by atoms with Gasteiger partial charge in [0.15, 0.2) is 5.69 Å². The molecular formula is C19H15FN4O. The van der Waals surface area contributed by atoms with E-state index in [1.165, 1.54) is 35.2 Å². The molecule has 124 valence electrons. The fourth-order valence-electron chi connectivity index (χ4n) is 2.27. The number of halogens is 1. The van der Waals surface area contributed by atoms with Crippen LogP contribution >= 0.6 is 0 Å². The van der Waals surface area contributed by atoms with Crippen molar-refractivity contribution in [3.05, 3.63) is 94.7 Å². The molecule has 0 saturated heterocycles. The van der Waals surface area contributed by atoms with E-state index < -0.39 is 0 Å². The Labute approximate surface area is 143 Å². The molecule has 2 N–H and O–H groups in total. The molecule has 3 aromatic rings. The first kappa shape index (κ1) is 16.3. The van der Waals surface area contributed by atoms with Crippen molar-refractivity contribution in [1.29, 1.82) is 5.41 Å². The lowest BCUT2D eigenvalue weighted by Gasteiger charge is -2.12. The number of nitrogens with one attached hydrogen (secondary N) is 2. The molecule has 0 aliphatic rings. The summed E-state index contributed by atoms with van der Waals surface area (Å²) in [4.78, 5) is 12.3. The van der Waals surface area contributed by atoms with Gasteiger partial charge in [0.05, 0.1) is 11.4 Å². The topological polar surface area (TPSA) is 70.8 Å². The van der Waals surface area contributed by atoms with Crippen LogP contribution in [-0.2, 0) is 0 Å². The van der Waals surface area contributed by atoms with Crippen LogP contribution in [0, 0.1) is 11.2 Å². The van der Waals surface area contributed by atoms with Gasteiger partial charge in [-0.05, 0) is 42.5 Å². The van der Waals surface area contributed by atoms with Crippen molar-refractivity contribution in [3.63, 3.8) is 0 Å². The van der Waals surface area contributed by atoms with Gasteiger partial charge in [-0.15, -0.1) is 0 Å². The number of rotatable bonds is 5. The van der Waals surface area contributed by atoms with E-state index in [1.54, 1.807) is 12.1 Å². The summed E-state index contributed by atoms with van der Waals surface area (Å²) in [6.07, 6.45) is 4.07. The van der Waals surface area contributed by atoms with Crippen LogP contribution in [-0.4, -0.2) is 16.0 Å². The average Bonchev–Trinajstić information content (AvgIpc) is 2.63. The zero-order chi connectivity index (χ0) is 17.6. The molecular weight excluding hydrogens is 319 g/mol. The van der Waals surface area contributed by atoms with Crippen LogP contribution in [0.2, 0.25) is 0 Å². The fraction of sp³-hybridized carbons (Fsp3) is 0. The summed E-state index contributed by atoms with van der Waals surface area (Å²) >= 11 is 0.